The fraction of sp³-hybridized carbons (Fsp3) is 0.214. The lowest BCUT2D eigenvalue weighted by Crippen LogP contribution is -2.46. The first-order valence-electron chi connectivity index (χ1n) is 6.08. The number of rotatable bonds is 6. The van der Waals surface area contributed by atoms with Crippen molar-refractivity contribution in [2.75, 3.05) is 6.54 Å². The van der Waals surface area contributed by atoms with Gasteiger partial charge in [0.2, 0.25) is 17.7 Å². The van der Waals surface area contributed by atoms with Gasteiger partial charge in [0.1, 0.15) is 6.04 Å². The number of hydrogen-bond donors (Lipinski definition) is 3. The Labute approximate surface area is 117 Å². The molecule has 0 aromatic heterocycles. The molecule has 0 saturated heterocycles. The summed E-state index contributed by atoms with van der Waals surface area (Å²) in [5, 5.41) is 4.79. The number of carbonyl (C=O) groups excluding carboxylic acids is 3. The molecule has 0 spiro atoms. The minimum Gasteiger partial charge on any atom is -0.368 e. The van der Waals surface area contributed by atoms with E-state index in [1.807, 2.05) is 30.3 Å². The highest BCUT2D eigenvalue weighted by Gasteiger charge is 2.14. The van der Waals surface area contributed by atoms with Crippen molar-refractivity contribution in [3.63, 3.8) is 0 Å². The van der Waals surface area contributed by atoms with Crippen molar-refractivity contribution < 1.29 is 14.4 Å². The van der Waals surface area contributed by atoms with Gasteiger partial charge in [0, 0.05) is 6.08 Å². The van der Waals surface area contributed by atoms with Gasteiger partial charge in [-0.05, 0) is 18.6 Å². The van der Waals surface area contributed by atoms with Crippen LogP contribution in [0.4, 0.5) is 0 Å². The maximum Gasteiger partial charge on any atom is 0.244 e. The number of benzene rings is 1. The predicted octanol–water partition coefficient (Wildman–Crippen LogP) is -0.194. The van der Waals surface area contributed by atoms with Crippen LogP contribution in [0, 0.1) is 0 Å². The number of carbonyl (C=O) groups is 3. The summed E-state index contributed by atoms with van der Waals surface area (Å²) in [5.74, 6) is -1.50. The summed E-state index contributed by atoms with van der Waals surface area (Å²) in [7, 11) is 0. The number of hydrogen-bond acceptors (Lipinski definition) is 3. The van der Waals surface area contributed by atoms with Crippen LogP contribution in [0.15, 0.2) is 36.4 Å². The maximum absolute atomic E-state index is 11.6. The first kappa shape index (κ1) is 15.4. The van der Waals surface area contributed by atoms with Crippen molar-refractivity contribution in [1.82, 2.24) is 10.6 Å². The summed E-state index contributed by atoms with van der Waals surface area (Å²) in [5.41, 5.74) is 5.78. The SMILES string of the molecule is C[C@H](NC(=O)/C=C/c1ccccc1)C(=O)NCC(N)=O. The molecule has 1 aromatic carbocycles. The van der Waals surface area contributed by atoms with Crippen LogP contribution in [0.1, 0.15) is 12.5 Å². The Morgan fingerprint density at radius 1 is 1.25 bits per heavy atom. The molecule has 0 heterocycles. The third-order valence-corrected chi connectivity index (χ3v) is 2.42. The van der Waals surface area contributed by atoms with Gasteiger partial charge in [-0.1, -0.05) is 30.3 Å². The number of amides is 3. The highest BCUT2D eigenvalue weighted by Crippen LogP contribution is 2.00. The monoisotopic (exact) mass is 275 g/mol. The molecule has 0 aliphatic carbocycles. The van der Waals surface area contributed by atoms with Crippen LogP contribution < -0.4 is 16.4 Å². The molecule has 6 heteroatoms. The van der Waals surface area contributed by atoms with Crippen LogP contribution in [0.5, 0.6) is 0 Å². The molecule has 0 fully saturated rings. The second-order valence-electron chi connectivity index (χ2n) is 4.16. The minimum absolute atomic E-state index is 0.251. The van der Waals surface area contributed by atoms with Gasteiger partial charge in [0.15, 0.2) is 0 Å². The molecule has 0 aliphatic heterocycles. The normalized spacial score (nSPS) is 11.8. The van der Waals surface area contributed by atoms with Crippen LogP contribution >= 0.6 is 0 Å². The van der Waals surface area contributed by atoms with E-state index in [9.17, 15) is 14.4 Å². The third kappa shape index (κ3) is 5.81. The summed E-state index contributed by atoms with van der Waals surface area (Å²) < 4.78 is 0. The van der Waals surface area contributed by atoms with Crippen LogP contribution in [0.2, 0.25) is 0 Å². The van der Waals surface area contributed by atoms with Crippen LogP contribution in [0.25, 0.3) is 6.08 Å². The van der Waals surface area contributed by atoms with Gasteiger partial charge >= 0.3 is 0 Å². The largest absolute Gasteiger partial charge is 0.368 e. The van der Waals surface area contributed by atoms with E-state index in [2.05, 4.69) is 10.6 Å². The molecule has 1 aromatic rings. The Balaban J connectivity index is 2.43. The first-order valence-corrected chi connectivity index (χ1v) is 6.08. The lowest BCUT2D eigenvalue weighted by Gasteiger charge is -2.11. The molecule has 4 N–H and O–H groups in total. The van der Waals surface area contributed by atoms with E-state index in [1.165, 1.54) is 13.0 Å². The molecule has 0 bridgehead atoms. The van der Waals surface area contributed by atoms with E-state index in [0.717, 1.165) is 5.56 Å². The van der Waals surface area contributed by atoms with Gasteiger partial charge in [-0.2, -0.15) is 0 Å². The maximum atomic E-state index is 11.6. The lowest BCUT2D eigenvalue weighted by atomic mass is 10.2. The van der Waals surface area contributed by atoms with Crippen molar-refractivity contribution in [2.45, 2.75) is 13.0 Å². The molecule has 0 aliphatic rings. The number of primary amides is 1. The van der Waals surface area contributed by atoms with Gasteiger partial charge in [-0.3, -0.25) is 14.4 Å². The highest BCUT2D eigenvalue weighted by atomic mass is 16.2. The van der Waals surface area contributed by atoms with E-state index < -0.39 is 23.8 Å². The third-order valence-electron chi connectivity index (χ3n) is 2.42. The average Bonchev–Trinajstić information content (AvgIpc) is 2.43. The second-order valence-corrected chi connectivity index (χ2v) is 4.16. The summed E-state index contributed by atoms with van der Waals surface area (Å²) >= 11 is 0. The van der Waals surface area contributed by atoms with Gasteiger partial charge < -0.3 is 16.4 Å². The zero-order chi connectivity index (χ0) is 15.0. The molecule has 1 atom stereocenters. The lowest BCUT2D eigenvalue weighted by molar-refractivity contribution is -0.128. The quantitative estimate of drug-likeness (QED) is 0.627. The van der Waals surface area contributed by atoms with Crippen molar-refractivity contribution in [1.29, 1.82) is 0 Å². The number of nitrogens with one attached hydrogen (secondary N) is 2. The van der Waals surface area contributed by atoms with E-state index >= 15 is 0 Å². The summed E-state index contributed by atoms with van der Waals surface area (Å²) in [6.45, 7) is 1.27. The van der Waals surface area contributed by atoms with Crippen LogP contribution in [-0.2, 0) is 14.4 Å². The fourth-order valence-electron chi connectivity index (χ4n) is 1.39. The Hall–Kier alpha value is -2.63. The van der Waals surface area contributed by atoms with Crippen molar-refractivity contribution in [3.8, 4) is 0 Å². The van der Waals surface area contributed by atoms with Crippen LogP contribution in [0.3, 0.4) is 0 Å². The van der Waals surface area contributed by atoms with Crippen molar-refractivity contribution in [2.24, 2.45) is 5.73 Å². The Morgan fingerprint density at radius 2 is 1.90 bits per heavy atom. The van der Waals surface area contributed by atoms with Gasteiger partial charge in [0.05, 0.1) is 6.54 Å². The summed E-state index contributed by atoms with van der Waals surface area (Å²) in [6.07, 6.45) is 2.98. The highest BCUT2D eigenvalue weighted by molar-refractivity contribution is 5.96. The smallest absolute Gasteiger partial charge is 0.244 e. The van der Waals surface area contributed by atoms with Gasteiger partial charge in [-0.15, -0.1) is 0 Å². The number of nitrogens with two attached hydrogens (primary N) is 1. The molecule has 6 nitrogen and oxygen atoms in total. The Bertz CT molecular complexity index is 512. The molecule has 0 unspecified atom stereocenters. The van der Waals surface area contributed by atoms with Crippen LogP contribution in [-0.4, -0.2) is 30.3 Å². The van der Waals surface area contributed by atoms with Crippen molar-refractivity contribution in [3.05, 3.63) is 42.0 Å². The molecule has 1 rings (SSSR count). The molecular weight excluding hydrogens is 258 g/mol. The predicted molar refractivity (Wildman–Crippen MR) is 75.3 cm³/mol. The molecule has 0 radical (unpaired) electrons. The molecule has 0 saturated carbocycles. The summed E-state index contributed by atoms with van der Waals surface area (Å²) in [6, 6.07) is 8.55. The molecule has 20 heavy (non-hydrogen) atoms. The molecule has 3 amide bonds. The van der Waals surface area contributed by atoms with E-state index in [-0.39, 0.29) is 6.54 Å². The minimum atomic E-state index is -0.748. The standard InChI is InChI=1S/C14H17N3O3/c1-10(14(20)16-9-12(15)18)17-13(19)8-7-11-5-3-2-4-6-11/h2-8,10H,9H2,1H3,(H2,15,18)(H,16,20)(H,17,19)/b8-7+/t10-/m0/s1. The second kappa shape index (κ2) is 7.73. The van der Waals surface area contributed by atoms with E-state index in [0.29, 0.717) is 0 Å². The van der Waals surface area contributed by atoms with E-state index in [4.69, 9.17) is 5.73 Å². The Morgan fingerprint density at radius 3 is 2.50 bits per heavy atom. The first-order chi connectivity index (χ1) is 9.49. The summed E-state index contributed by atoms with van der Waals surface area (Å²) in [4.78, 5) is 33.6. The topological polar surface area (TPSA) is 101 Å². The molecule has 106 valence electrons. The zero-order valence-electron chi connectivity index (χ0n) is 11.1. The van der Waals surface area contributed by atoms with Gasteiger partial charge in [0.25, 0.3) is 0 Å². The van der Waals surface area contributed by atoms with E-state index in [1.54, 1.807) is 6.08 Å². The molecular formula is C14H17N3O3. The zero-order valence-corrected chi connectivity index (χ0v) is 11.1. The van der Waals surface area contributed by atoms with Gasteiger partial charge in [-0.25, -0.2) is 0 Å². The average molecular weight is 275 g/mol. The van der Waals surface area contributed by atoms with Crippen molar-refractivity contribution >= 4 is 23.8 Å². The fourth-order valence-corrected chi connectivity index (χ4v) is 1.39. The Kier molecular flexibility index (Phi) is 5.96.